The van der Waals surface area contributed by atoms with Gasteiger partial charge in [-0.3, -0.25) is 9.59 Å². The molecule has 22 heavy (non-hydrogen) atoms. The minimum absolute atomic E-state index is 0.0682. The zero-order chi connectivity index (χ0) is 17.7. The van der Waals surface area contributed by atoms with Crippen molar-refractivity contribution in [2.24, 2.45) is 0 Å². The van der Waals surface area contributed by atoms with E-state index in [4.69, 9.17) is 9.84 Å². The molecule has 2 amide bonds. The summed E-state index contributed by atoms with van der Waals surface area (Å²) in [7, 11) is 6.79. The average Bonchev–Trinajstić information content (AvgIpc) is 2.46. The molecular weight excluding hydrogens is 284 g/mol. The zero-order valence-electron chi connectivity index (χ0n) is 15.3. The number of nitrogens with zero attached hydrogens (tertiary/aromatic N) is 2. The van der Waals surface area contributed by atoms with Crippen LogP contribution in [0.2, 0.25) is 0 Å². The highest BCUT2D eigenvalue weighted by atomic mass is 16.5. The fourth-order valence-corrected chi connectivity index (χ4v) is 1.72. The Morgan fingerprint density at radius 3 is 1.68 bits per heavy atom. The first kappa shape index (κ1) is 23.1. The molecule has 0 aliphatic rings. The molecule has 0 spiro atoms. The van der Waals surface area contributed by atoms with Crippen molar-refractivity contribution in [2.45, 2.75) is 58.7 Å². The molecule has 0 bridgehead atoms. The summed E-state index contributed by atoms with van der Waals surface area (Å²) in [5, 5.41) is 9.10. The molecule has 0 aliphatic heterocycles. The number of hydrogen-bond donors (Lipinski definition) is 1. The van der Waals surface area contributed by atoms with E-state index in [9.17, 15) is 9.59 Å². The Morgan fingerprint density at radius 2 is 1.36 bits per heavy atom. The third-order valence-electron chi connectivity index (χ3n) is 2.92. The lowest BCUT2D eigenvalue weighted by Crippen LogP contribution is -2.35. The molecule has 0 heterocycles. The SMILES string of the molecule is CCCC(O)C(=O)N(C)C.CCCC(OCC)C(=O)N(C)C. The summed E-state index contributed by atoms with van der Waals surface area (Å²) in [6.07, 6.45) is 2.13. The number of amides is 2. The van der Waals surface area contributed by atoms with Crippen LogP contribution >= 0.6 is 0 Å². The van der Waals surface area contributed by atoms with E-state index in [1.807, 2.05) is 13.8 Å². The summed E-state index contributed by atoms with van der Waals surface area (Å²) < 4.78 is 5.31. The molecule has 0 saturated carbocycles. The topological polar surface area (TPSA) is 70.1 Å². The zero-order valence-corrected chi connectivity index (χ0v) is 15.3. The number of carbonyl (C=O) groups is 2. The number of likely N-dealkylation sites (N-methyl/N-ethyl adjacent to an activating group) is 2. The molecule has 6 heteroatoms. The van der Waals surface area contributed by atoms with Crippen molar-refractivity contribution in [1.82, 2.24) is 9.80 Å². The summed E-state index contributed by atoms with van der Waals surface area (Å²) in [6.45, 7) is 6.50. The molecule has 0 fully saturated rings. The second-order valence-corrected chi connectivity index (χ2v) is 5.50. The quantitative estimate of drug-likeness (QED) is 0.736. The number of carbonyl (C=O) groups excluding carboxylic acids is 2. The van der Waals surface area contributed by atoms with E-state index in [0.29, 0.717) is 13.0 Å². The van der Waals surface area contributed by atoms with Crippen molar-refractivity contribution in [2.75, 3.05) is 34.8 Å². The standard InChI is InChI=1S/C9H19NO2.C7H15NO2/c1-5-7-8(12-6-2)9(11)10(3)4;1-4-5-6(9)7(10)8(2)3/h8H,5-7H2,1-4H3;6,9H,4-5H2,1-3H3. The lowest BCUT2D eigenvalue weighted by Gasteiger charge is -2.19. The van der Waals surface area contributed by atoms with Gasteiger partial charge in [-0.1, -0.05) is 26.7 Å². The molecule has 2 atom stereocenters. The molecule has 6 nitrogen and oxygen atoms in total. The maximum Gasteiger partial charge on any atom is 0.251 e. The van der Waals surface area contributed by atoms with Crippen LogP contribution in [0.4, 0.5) is 0 Å². The molecule has 0 saturated heterocycles. The fraction of sp³-hybridized carbons (Fsp3) is 0.875. The van der Waals surface area contributed by atoms with Crippen molar-refractivity contribution < 1.29 is 19.4 Å². The van der Waals surface area contributed by atoms with Crippen molar-refractivity contribution in [1.29, 1.82) is 0 Å². The number of rotatable bonds is 8. The van der Waals surface area contributed by atoms with Gasteiger partial charge in [0.25, 0.3) is 11.8 Å². The first-order chi connectivity index (χ1) is 10.2. The van der Waals surface area contributed by atoms with Crippen molar-refractivity contribution in [3.63, 3.8) is 0 Å². The molecule has 0 aromatic carbocycles. The molecule has 0 aromatic rings. The van der Waals surface area contributed by atoms with Crippen LogP contribution in [0, 0.1) is 0 Å². The fourth-order valence-electron chi connectivity index (χ4n) is 1.72. The van der Waals surface area contributed by atoms with Gasteiger partial charge >= 0.3 is 0 Å². The minimum atomic E-state index is -0.806. The lowest BCUT2D eigenvalue weighted by atomic mass is 10.2. The predicted octanol–water partition coefficient (Wildman–Crippen LogP) is 1.52. The van der Waals surface area contributed by atoms with E-state index in [0.717, 1.165) is 19.3 Å². The average molecular weight is 318 g/mol. The summed E-state index contributed by atoms with van der Waals surface area (Å²) in [5.41, 5.74) is 0. The molecule has 1 N–H and O–H groups in total. The van der Waals surface area contributed by atoms with Crippen LogP contribution in [0.15, 0.2) is 0 Å². The Hall–Kier alpha value is -1.14. The summed E-state index contributed by atoms with van der Waals surface area (Å²) in [6, 6.07) is 0. The van der Waals surface area contributed by atoms with E-state index in [1.54, 1.807) is 33.1 Å². The van der Waals surface area contributed by atoms with Gasteiger partial charge in [-0.05, 0) is 19.8 Å². The van der Waals surface area contributed by atoms with Gasteiger partial charge in [-0.25, -0.2) is 0 Å². The monoisotopic (exact) mass is 318 g/mol. The lowest BCUT2D eigenvalue weighted by molar-refractivity contribution is -0.141. The maximum absolute atomic E-state index is 11.4. The number of aliphatic hydroxyl groups is 1. The van der Waals surface area contributed by atoms with Gasteiger partial charge in [0.1, 0.15) is 12.2 Å². The molecular formula is C16H34N2O4. The smallest absolute Gasteiger partial charge is 0.251 e. The van der Waals surface area contributed by atoms with Gasteiger partial charge in [-0.2, -0.15) is 0 Å². The van der Waals surface area contributed by atoms with Crippen LogP contribution in [0.5, 0.6) is 0 Å². The maximum atomic E-state index is 11.4. The molecule has 2 unspecified atom stereocenters. The van der Waals surface area contributed by atoms with Crippen LogP contribution in [0.25, 0.3) is 0 Å². The Labute approximate surface area is 135 Å². The van der Waals surface area contributed by atoms with Crippen molar-refractivity contribution >= 4 is 11.8 Å². The number of ether oxygens (including phenoxy) is 1. The molecule has 0 aromatic heterocycles. The third kappa shape index (κ3) is 10.6. The molecule has 0 rings (SSSR count). The van der Waals surface area contributed by atoms with E-state index in [2.05, 4.69) is 6.92 Å². The molecule has 132 valence electrons. The van der Waals surface area contributed by atoms with Crippen LogP contribution in [0.1, 0.15) is 46.5 Å². The third-order valence-corrected chi connectivity index (χ3v) is 2.92. The van der Waals surface area contributed by atoms with E-state index in [1.165, 1.54) is 4.90 Å². The first-order valence-corrected chi connectivity index (χ1v) is 7.94. The van der Waals surface area contributed by atoms with Crippen LogP contribution in [-0.4, -0.2) is 73.7 Å². The molecule has 0 aliphatic carbocycles. The van der Waals surface area contributed by atoms with Gasteiger partial charge in [0, 0.05) is 34.8 Å². The Balaban J connectivity index is 0. The summed E-state index contributed by atoms with van der Waals surface area (Å²) in [4.78, 5) is 25.3. The minimum Gasteiger partial charge on any atom is -0.383 e. The normalized spacial score (nSPS) is 12.7. The van der Waals surface area contributed by atoms with E-state index < -0.39 is 6.10 Å². The van der Waals surface area contributed by atoms with Gasteiger partial charge < -0.3 is 19.6 Å². The largest absolute Gasteiger partial charge is 0.383 e. The first-order valence-electron chi connectivity index (χ1n) is 7.94. The molecule has 0 radical (unpaired) electrons. The Kier molecular flexibility index (Phi) is 14.2. The van der Waals surface area contributed by atoms with Crippen molar-refractivity contribution in [3.05, 3.63) is 0 Å². The van der Waals surface area contributed by atoms with E-state index in [-0.39, 0.29) is 17.9 Å². The highest BCUT2D eigenvalue weighted by Gasteiger charge is 2.18. The summed E-state index contributed by atoms with van der Waals surface area (Å²) in [5.74, 6) is -0.138. The van der Waals surface area contributed by atoms with Gasteiger partial charge in [-0.15, -0.1) is 0 Å². The van der Waals surface area contributed by atoms with E-state index >= 15 is 0 Å². The second kappa shape index (κ2) is 13.5. The van der Waals surface area contributed by atoms with Crippen LogP contribution in [-0.2, 0) is 14.3 Å². The Bertz CT molecular complexity index is 301. The highest BCUT2D eigenvalue weighted by Crippen LogP contribution is 2.04. The van der Waals surface area contributed by atoms with Crippen molar-refractivity contribution in [3.8, 4) is 0 Å². The number of hydrogen-bond acceptors (Lipinski definition) is 4. The van der Waals surface area contributed by atoms with Gasteiger partial charge in [0.2, 0.25) is 0 Å². The Morgan fingerprint density at radius 1 is 0.909 bits per heavy atom. The van der Waals surface area contributed by atoms with Crippen LogP contribution < -0.4 is 0 Å². The second-order valence-electron chi connectivity index (χ2n) is 5.50. The number of aliphatic hydroxyl groups excluding tert-OH is 1. The predicted molar refractivity (Wildman–Crippen MR) is 88.6 cm³/mol. The van der Waals surface area contributed by atoms with Gasteiger partial charge in [0.05, 0.1) is 0 Å². The highest BCUT2D eigenvalue weighted by molar-refractivity contribution is 5.80. The van der Waals surface area contributed by atoms with Gasteiger partial charge in [0.15, 0.2) is 0 Å². The van der Waals surface area contributed by atoms with Crippen LogP contribution in [0.3, 0.4) is 0 Å². The summed E-state index contributed by atoms with van der Waals surface area (Å²) >= 11 is 0.